The summed E-state index contributed by atoms with van der Waals surface area (Å²) < 4.78 is 0. The van der Waals surface area contributed by atoms with Crippen LogP contribution in [0.5, 0.6) is 0 Å². The Morgan fingerprint density at radius 1 is 1.05 bits per heavy atom. The Morgan fingerprint density at radius 3 is 2.52 bits per heavy atom. The Balaban J connectivity index is 1.55. The minimum atomic E-state index is 1.06. The highest BCUT2D eigenvalue weighted by Crippen LogP contribution is 2.10. The van der Waals surface area contributed by atoms with Crippen molar-refractivity contribution in [2.45, 2.75) is 52.0 Å². The number of aromatic nitrogens is 1. The first-order chi connectivity index (χ1) is 10.4. The second-order valence-corrected chi connectivity index (χ2v) is 6.19. The van der Waals surface area contributed by atoms with E-state index in [4.69, 9.17) is 0 Å². The van der Waals surface area contributed by atoms with Crippen LogP contribution < -0.4 is 0 Å². The fourth-order valence-electron chi connectivity index (χ4n) is 3.13. The molecule has 1 aromatic rings. The standard InChI is InChI=1S/C18H31N3/c1-2-20(17-18-9-11-19-12-10-18)13-5-3-6-14-21-15-7-4-8-16-21/h9-12H,2-8,13-17H2,1H3. The van der Waals surface area contributed by atoms with Crippen molar-refractivity contribution in [3.8, 4) is 0 Å². The number of hydrogen-bond donors (Lipinski definition) is 0. The molecule has 1 fully saturated rings. The van der Waals surface area contributed by atoms with Crippen molar-refractivity contribution in [2.24, 2.45) is 0 Å². The van der Waals surface area contributed by atoms with Gasteiger partial charge < -0.3 is 4.90 Å². The molecule has 2 rings (SSSR count). The molecule has 1 aromatic heterocycles. The lowest BCUT2D eigenvalue weighted by Crippen LogP contribution is -2.30. The van der Waals surface area contributed by atoms with Crippen LogP contribution in [0.4, 0.5) is 0 Å². The van der Waals surface area contributed by atoms with Crippen LogP contribution in [-0.4, -0.2) is 47.5 Å². The van der Waals surface area contributed by atoms with Crippen LogP contribution in [0.2, 0.25) is 0 Å². The molecule has 0 N–H and O–H groups in total. The molecule has 1 aliphatic rings. The molecule has 0 radical (unpaired) electrons. The molecule has 0 saturated carbocycles. The summed E-state index contributed by atoms with van der Waals surface area (Å²) in [6.07, 6.45) is 12.1. The van der Waals surface area contributed by atoms with E-state index in [0.29, 0.717) is 0 Å². The molecule has 2 heterocycles. The molecular weight excluding hydrogens is 258 g/mol. The summed E-state index contributed by atoms with van der Waals surface area (Å²) in [5.41, 5.74) is 1.38. The zero-order valence-corrected chi connectivity index (χ0v) is 13.6. The number of nitrogens with zero attached hydrogens (tertiary/aromatic N) is 3. The van der Waals surface area contributed by atoms with Gasteiger partial charge in [-0.25, -0.2) is 0 Å². The zero-order chi connectivity index (χ0) is 14.8. The van der Waals surface area contributed by atoms with Crippen LogP contribution in [0.3, 0.4) is 0 Å². The molecule has 21 heavy (non-hydrogen) atoms. The maximum Gasteiger partial charge on any atom is 0.0271 e. The Hall–Kier alpha value is -0.930. The van der Waals surface area contributed by atoms with Crippen molar-refractivity contribution in [1.82, 2.24) is 14.8 Å². The van der Waals surface area contributed by atoms with Crippen LogP contribution in [-0.2, 0) is 6.54 Å². The molecule has 1 aliphatic heterocycles. The highest BCUT2D eigenvalue weighted by molar-refractivity contribution is 5.09. The lowest BCUT2D eigenvalue weighted by Gasteiger charge is -2.26. The Morgan fingerprint density at radius 2 is 1.81 bits per heavy atom. The molecular formula is C18H31N3. The topological polar surface area (TPSA) is 19.4 Å². The monoisotopic (exact) mass is 289 g/mol. The first kappa shape index (κ1) is 16.4. The molecule has 0 amide bonds. The van der Waals surface area contributed by atoms with Crippen LogP contribution >= 0.6 is 0 Å². The van der Waals surface area contributed by atoms with Crippen molar-refractivity contribution < 1.29 is 0 Å². The minimum Gasteiger partial charge on any atom is -0.303 e. The first-order valence-electron chi connectivity index (χ1n) is 8.72. The largest absolute Gasteiger partial charge is 0.303 e. The SMILES string of the molecule is CCN(CCCCCN1CCCCC1)Cc1ccncc1. The Bertz CT molecular complexity index is 360. The van der Waals surface area contributed by atoms with Crippen molar-refractivity contribution in [3.05, 3.63) is 30.1 Å². The van der Waals surface area contributed by atoms with Crippen LogP contribution in [0.25, 0.3) is 0 Å². The Labute approximate surface area is 130 Å². The number of piperidine rings is 1. The van der Waals surface area contributed by atoms with Gasteiger partial charge in [0.2, 0.25) is 0 Å². The predicted molar refractivity (Wildman–Crippen MR) is 89.3 cm³/mol. The molecule has 1 saturated heterocycles. The van der Waals surface area contributed by atoms with Gasteiger partial charge in [-0.2, -0.15) is 0 Å². The molecule has 0 atom stereocenters. The van der Waals surface area contributed by atoms with E-state index in [1.165, 1.54) is 70.3 Å². The third-order valence-electron chi connectivity index (χ3n) is 4.50. The second kappa shape index (κ2) is 9.91. The lowest BCUT2D eigenvalue weighted by atomic mass is 10.1. The average molecular weight is 289 g/mol. The minimum absolute atomic E-state index is 1.06. The lowest BCUT2D eigenvalue weighted by molar-refractivity contribution is 0.220. The van der Waals surface area contributed by atoms with Crippen molar-refractivity contribution in [3.63, 3.8) is 0 Å². The quantitative estimate of drug-likeness (QED) is 0.648. The molecule has 0 bridgehead atoms. The van der Waals surface area contributed by atoms with E-state index in [0.717, 1.165) is 13.1 Å². The second-order valence-electron chi connectivity index (χ2n) is 6.19. The van der Waals surface area contributed by atoms with Gasteiger partial charge >= 0.3 is 0 Å². The number of unbranched alkanes of at least 4 members (excludes halogenated alkanes) is 2. The Kier molecular flexibility index (Phi) is 7.76. The summed E-state index contributed by atoms with van der Waals surface area (Å²) in [6.45, 7) is 9.66. The van der Waals surface area contributed by atoms with E-state index < -0.39 is 0 Å². The fraction of sp³-hybridized carbons (Fsp3) is 0.722. The summed E-state index contributed by atoms with van der Waals surface area (Å²) in [7, 11) is 0. The summed E-state index contributed by atoms with van der Waals surface area (Å²) in [6, 6.07) is 4.25. The molecule has 0 aromatic carbocycles. The third kappa shape index (κ3) is 6.58. The zero-order valence-electron chi connectivity index (χ0n) is 13.6. The first-order valence-corrected chi connectivity index (χ1v) is 8.72. The number of hydrogen-bond acceptors (Lipinski definition) is 3. The maximum atomic E-state index is 4.09. The van der Waals surface area contributed by atoms with Gasteiger partial charge in [0, 0.05) is 18.9 Å². The smallest absolute Gasteiger partial charge is 0.0271 e. The van der Waals surface area contributed by atoms with Crippen LogP contribution in [0.15, 0.2) is 24.5 Å². The van der Waals surface area contributed by atoms with Gasteiger partial charge in [0.15, 0.2) is 0 Å². The van der Waals surface area contributed by atoms with E-state index >= 15 is 0 Å². The van der Waals surface area contributed by atoms with E-state index in [-0.39, 0.29) is 0 Å². The molecule has 3 nitrogen and oxygen atoms in total. The molecule has 118 valence electrons. The van der Waals surface area contributed by atoms with Gasteiger partial charge in [0.05, 0.1) is 0 Å². The van der Waals surface area contributed by atoms with Gasteiger partial charge in [-0.15, -0.1) is 0 Å². The summed E-state index contributed by atoms with van der Waals surface area (Å²) in [4.78, 5) is 9.27. The summed E-state index contributed by atoms with van der Waals surface area (Å²) in [5, 5.41) is 0. The van der Waals surface area contributed by atoms with E-state index in [1.54, 1.807) is 0 Å². The fourth-order valence-corrected chi connectivity index (χ4v) is 3.13. The molecule has 0 aliphatic carbocycles. The van der Waals surface area contributed by atoms with Gasteiger partial charge in [0.1, 0.15) is 0 Å². The van der Waals surface area contributed by atoms with Crippen molar-refractivity contribution >= 4 is 0 Å². The van der Waals surface area contributed by atoms with E-state index in [9.17, 15) is 0 Å². The van der Waals surface area contributed by atoms with E-state index in [1.807, 2.05) is 12.4 Å². The molecule has 0 spiro atoms. The molecule has 0 unspecified atom stereocenters. The normalized spacial score (nSPS) is 16.5. The third-order valence-corrected chi connectivity index (χ3v) is 4.50. The summed E-state index contributed by atoms with van der Waals surface area (Å²) in [5.74, 6) is 0. The number of likely N-dealkylation sites (tertiary alicyclic amines) is 1. The number of rotatable bonds is 9. The number of pyridine rings is 1. The average Bonchev–Trinajstić information content (AvgIpc) is 2.55. The van der Waals surface area contributed by atoms with Gasteiger partial charge in [0.25, 0.3) is 0 Å². The highest BCUT2D eigenvalue weighted by atomic mass is 15.1. The highest BCUT2D eigenvalue weighted by Gasteiger charge is 2.09. The van der Waals surface area contributed by atoms with Gasteiger partial charge in [-0.1, -0.05) is 19.8 Å². The van der Waals surface area contributed by atoms with Crippen molar-refractivity contribution in [1.29, 1.82) is 0 Å². The predicted octanol–water partition coefficient (Wildman–Crippen LogP) is 3.56. The summed E-state index contributed by atoms with van der Waals surface area (Å²) >= 11 is 0. The van der Waals surface area contributed by atoms with Crippen molar-refractivity contribution in [2.75, 3.05) is 32.7 Å². The van der Waals surface area contributed by atoms with Gasteiger partial charge in [-0.3, -0.25) is 9.88 Å². The molecule has 3 heteroatoms. The maximum absolute atomic E-state index is 4.09. The van der Waals surface area contributed by atoms with E-state index in [2.05, 4.69) is 33.8 Å². The van der Waals surface area contributed by atoms with Crippen LogP contribution in [0.1, 0.15) is 51.0 Å². The van der Waals surface area contributed by atoms with Gasteiger partial charge in [-0.05, 0) is 76.1 Å². The van der Waals surface area contributed by atoms with Crippen LogP contribution in [0, 0.1) is 0 Å².